The van der Waals surface area contributed by atoms with Crippen molar-refractivity contribution in [3.05, 3.63) is 121 Å². The van der Waals surface area contributed by atoms with Crippen LogP contribution in [0.15, 0.2) is 115 Å². The normalized spacial score (nSPS) is 11.5. The molecule has 0 aliphatic heterocycles. The number of hydrogen-bond acceptors (Lipinski definition) is 3. The molecule has 0 N–H and O–H groups in total. The molecule has 5 heteroatoms. The quantitative estimate of drug-likeness (QED) is 0.269. The Balaban J connectivity index is 1.60. The first-order valence-electron chi connectivity index (χ1n) is 11.7. The minimum absolute atomic E-state index is 0.278. The van der Waals surface area contributed by atoms with Gasteiger partial charge in [-0.05, 0) is 35.0 Å². The van der Waals surface area contributed by atoms with Crippen LogP contribution in [0.2, 0.25) is 0 Å². The Morgan fingerprint density at radius 1 is 0.528 bits per heavy atom. The van der Waals surface area contributed by atoms with Gasteiger partial charge in [-0.1, -0.05) is 91.0 Å². The maximum Gasteiger partial charge on any atom is 0.238 e. The Morgan fingerprint density at radius 2 is 1.14 bits per heavy atom. The summed E-state index contributed by atoms with van der Waals surface area (Å²) in [4.78, 5) is 14.7. The van der Waals surface area contributed by atoms with Crippen molar-refractivity contribution in [1.29, 1.82) is 0 Å². The van der Waals surface area contributed by atoms with Crippen LogP contribution in [0.25, 0.3) is 61.3 Å². The van der Waals surface area contributed by atoms with E-state index in [4.69, 9.17) is 15.0 Å². The van der Waals surface area contributed by atoms with E-state index >= 15 is 0 Å². The van der Waals surface area contributed by atoms with Gasteiger partial charge in [0.1, 0.15) is 5.82 Å². The van der Waals surface area contributed by atoms with Gasteiger partial charge in [-0.2, -0.15) is 9.97 Å². The summed E-state index contributed by atoms with van der Waals surface area (Å²) in [6, 6.07) is 37.0. The molecule has 0 aliphatic rings. The molecular formula is C31H19FN4. The SMILES string of the molecule is Fc1ccc2c(c1)c1c3ccccc3ccc1n2-c1nc(-c2ccccc2)nc(-c2ccccc2)n1. The molecule has 4 nitrogen and oxygen atoms in total. The maximum absolute atomic E-state index is 14.5. The van der Waals surface area contributed by atoms with Crippen LogP contribution in [0.5, 0.6) is 0 Å². The molecule has 0 bridgehead atoms. The standard InChI is InChI=1S/C31H19FN4/c32-23-16-18-26-25(19-23)28-24-14-8-7-9-20(24)15-17-27(28)36(26)31-34-29(21-10-3-1-4-11-21)33-30(35-31)22-12-5-2-6-13-22/h1-19H. The van der Waals surface area contributed by atoms with Crippen molar-refractivity contribution in [3.63, 3.8) is 0 Å². The zero-order valence-corrected chi connectivity index (χ0v) is 19.1. The first kappa shape index (κ1) is 20.5. The molecule has 2 aromatic heterocycles. The monoisotopic (exact) mass is 466 g/mol. The van der Waals surface area contributed by atoms with Gasteiger partial charge < -0.3 is 0 Å². The van der Waals surface area contributed by atoms with Gasteiger partial charge in [-0.3, -0.25) is 4.57 Å². The summed E-state index contributed by atoms with van der Waals surface area (Å²) in [7, 11) is 0. The molecule has 0 spiro atoms. The molecule has 0 fully saturated rings. The van der Waals surface area contributed by atoms with E-state index in [0.717, 1.165) is 43.7 Å². The molecule has 170 valence electrons. The van der Waals surface area contributed by atoms with Crippen LogP contribution in [0.4, 0.5) is 4.39 Å². The maximum atomic E-state index is 14.5. The first-order valence-corrected chi connectivity index (χ1v) is 11.7. The average Bonchev–Trinajstić information content (AvgIpc) is 3.27. The van der Waals surface area contributed by atoms with Crippen LogP contribution in [-0.4, -0.2) is 19.5 Å². The zero-order chi connectivity index (χ0) is 24.1. The minimum Gasteiger partial charge on any atom is -0.278 e. The van der Waals surface area contributed by atoms with E-state index in [9.17, 15) is 4.39 Å². The summed E-state index contributed by atoms with van der Waals surface area (Å²) in [6.45, 7) is 0. The molecule has 0 saturated heterocycles. The Kier molecular flexibility index (Phi) is 4.61. The van der Waals surface area contributed by atoms with E-state index in [1.807, 2.05) is 77.4 Å². The predicted octanol–water partition coefficient (Wildman–Crippen LogP) is 7.60. The molecule has 0 radical (unpaired) electrons. The highest BCUT2D eigenvalue weighted by molar-refractivity contribution is 6.21. The third-order valence-electron chi connectivity index (χ3n) is 6.50. The number of nitrogens with zero attached hydrogens (tertiary/aromatic N) is 4. The van der Waals surface area contributed by atoms with Crippen molar-refractivity contribution >= 4 is 32.6 Å². The molecule has 7 rings (SSSR count). The fraction of sp³-hybridized carbons (Fsp3) is 0. The van der Waals surface area contributed by atoms with E-state index in [1.54, 1.807) is 12.1 Å². The number of benzene rings is 5. The van der Waals surface area contributed by atoms with Crippen molar-refractivity contribution in [1.82, 2.24) is 19.5 Å². The summed E-state index contributed by atoms with van der Waals surface area (Å²) in [5.41, 5.74) is 3.55. The van der Waals surface area contributed by atoms with Crippen LogP contribution in [0.1, 0.15) is 0 Å². The Labute approximate surface area is 206 Å². The van der Waals surface area contributed by atoms with Crippen LogP contribution in [0, 0.1) is 5.82 Å². The van der Waals surface area contributed by atoms with Crippen LogP contribution >= 0.6 is 0 Å². The van der Waals surface area contributed by atoms with Gasteiger partial charge in [-0.25, -0.2) is 9.37 Å². The summed E-state index contributed by atoms with van der Waals surface area (Å²) in [5.74, 6) is 1.37. The topological polar surface area (TPSA) is 43.6 Å². The predicted molar refractivity (Wildman–Crippen MR) is 143 cm³/mol. The highest BCUT2D eigenvalue weighted by Crippen LogP contribution is 2.37. The molecule has 0 aliphatic carbocycles. The van der Waals surface area contributed by atoms with Crippen molar-refractivity contribution in [2.24, 2.45) is 0 Å². The lowest BCUT2D eigenvalue weighted by molar-refractivity contribution is 0.629. The Bertz CT molecular complexity index is 1840. The van der Waals surface area contributed by atoms with Gasteiger partial charge in [0.15, 0.2) is 11.6 Å². The fourth-order valence-electron chi connectivity index (χ4n) is 4.88. The number of fused-ring (bicyclic) bond motifs is 5. The van der Waals surface area contributed by atoms with Gasteiger partial charge in [0, 0.05) is 21.9 Å². The lowest BCUT2D eigenvalue weighted by atomic mass is 10.0. The van der Waals surface area contributed by atoms with Crippen LogP contribution < -0.4 is 0 Å². The summed E-state index contributed by atoms with van der Waals surface area (Å²) in [5, 5.41) is 3.96. The minimum atomic E-state index is -0.278. The Hall–Kier alpha value is -4.90. The smallest absolute Gasteiger partial charge is 0.238 e. The average molecular weight is 467 g/mol. The summed E-state index contributed by atoms with van der Waals surface area (Å²) >= 11 is 0. The van der Waals surface area contributed by atoms with Crippen LogP contribution in [0.3, 0.4) is 0 Å². The van der Waals surface area contributed by atoms with E-state index in [-0.39, 0.29) is 5.82 Å². The van der Waals surface area contributed by atoms with Gasteiger partial charge in [-0.15, -0.1) is 0 Å². The first-order chi connectivity index (χ1) is 17.8. The van der Waals surface area contributed by atoms with E-state index in [0.29, 0.717) is 17.6 Å². The lowest BCUT2D eigenvalue weighted by Gasteiger charge is -2.11. The number of aromatic nitrogens is 4. The lowest BCUT2D eigenvalue weighted by Crippen LogP contribution is -2.06. The van der Waals surface area contributed by atoms with Crippen molar-refractivity contribution in [3.8, 4) is 28.7 Å². The molecule has 0 atom stereocenters. The fourth-order valence-corrected chi connectivity index (χ4v) is 4.88. The molecular weight excluding hydrogens is 447 g/mol. The second kappa shape index (κ2) is 8.10. The van der Waals surface area contributed by atoms with Crippen LogP contribution in [-0.2, 0) is 0 Å². The molecule has 2 heterocycles. The molecule has 5 aromatic carbocycles. The van der Waals surface area contributed by atoms with E-state index in [1.165, 1.54) is 6.07 Å². The summed E-state index contributed by atoms with van der Waals surface area (Å²) < 4.78 is 16.5. The van der Waals surface area contributed by atoms with E-state index in [2.05, 4.69) is 24.3 Å². The number of halogens is 1. The van der Waals surface area contributed by atoms with Gasteiger partial charge in [0.05, 0.1) is 11.0 Å². The number of rotatable bonds is 3. The number of hydrogen-bond donors (Lipinski definition) is 0. The zero-order valence-electron chi connectivity index (χ0n) is 19.1. The third kappa shape index (κ3) is 3.25. The van der Waals surface area contributed by atoms with Crippen molar-refractivity contribution < 1.29 is 4.39 Å². The molecule has 7 aromatic rings. The second-order valence-electron chi connectivity index (χ2n) is 8.69. The third-order valence-corrected chi connectivity index (χ3v) is 6.50. The van der Waals surface area contributed by atoms with Crippen molar-refractivity contribution in [2.45, 2.75) is 0 Å². The molecule has 36 heavy (non-hydrogen) atoms. The van der Waals surface area contributed by atoms with Crippen molar-refractivity contribution in [2.75, 3.05) is 0 Å². The van der Waals surface area contributed by atoms with Gasteiger partial charge >= 0.3 is 0 Å². The highest BCUT2D eigenvalue weighted by atomic mass is 19.1. The molecule has 0 amide bonds. The summed E-state index contributed by atoms with van der Waals surface area (Å²) in [6.07, 6.45) is 0. The Morgan fingerprint density at radius 3 is 1.83 bits per heavy atom. The van der Waals surface area contributed by atoms with E-state index < -0.39 is 0 Å². The molecule has 0 saturated carbocycles. The highest BCUT2D eigenvalue weighted by Gasteiger charge is 2.19. The second-order valence-corrected chi connectivity index (χ2v) is 8.69. The molecule has 0 unspecified atom stereocenters. The van der Waals surface area contributed by atoms with Gasteiger partial charge in [0.2, 0.25) is 5.95 Å². The van der Waals surface area contributed by atoms with Gasteiger partial charge in [0.25, 0.3) is 0 Å². The largest absolute Gasteiger partial charge is 0.278 e.